The zero-order chi connectivity index (χ0) is 29.1. The average molecular weight is 566 g/mol. The van der Waals surface area contributed by atoms with Crippen LogP contribution in [0.2, 0.25) is 0 Å². The Balaban J connectivity index is 1.74. The minimum Gasteiger partial charge on any atom is -0.427 e. The van der Waals surface area contributed by atoms with Crippen LogP contribution in [0.25, 0.3) is 0 Å². The summed E-state index contributed by atoms with van der Waals surface area (Å²) in [5, 5.41) is 28.8. The minimum atomic E-state index is -1.14. The number of hydrogen-bond donors (Lipinski definition) is 2. The van der Waals surface area contributed by atoms with E-state index in [1.165, 1.54) is 24.9 Å². The van der Waals surface area contributed by atoms with Crippen LogP contribution in [0.5, 0.6) is 5.75 Å². The van der Waals surface area contributed by atoms with Gasteiger partial charge >= 0.3 is 5.97 Å². The Kier molecular flexibility index (Phi) is 10.4. The number of thioether (sulfide) groups is 1. The van der Waals surface area contributed by atoms with Crippen molar-refractivity contribution in [2.45, 2.75) is 18.7 Å². The number of hydrazone groups is 1. The normalized spacial score (nSPS) is 11.4. The first kappa shape index (κ1) is 29.4. The van der Waals surface area contributed by atoms with Gasteiger partial charge in [0.2, 0.25) is 0 Å². The van der Waals surface area contributed by atoms with Crippen molar-refractivity contribution in [3.05, 3.63) is 110 Å². The third kappa shape index (κ3) is 9.02. The zero-order valence-electron chi connectivity index (χ0n) is 21.0. The lowest BCUT2D eigenvalue weighted by molar-refractivity contribution is -0.394. The highest BCUT2D eigenvalue weighted by atomic mass is 32.2. The van der Waals surface area contributed by atoms with E-state index >= 15 is 0 Å². The smallest absolute Gasteiger partial charge is 0.308 e. The molecule has 0 fully saturated rings. The number of benzene rings is 3. The summed E-state index contributed by atoms with van der Waals surface area (Å²) in [4.78, 5) is 57.6. The molecule has 40 heavy (non-hydrogen) atoms. The number of nitro groups is 2. The van der Waals surface area contributed by atoms with Crippen molar-refractivity contribution in [3.8, 4) is 5.75 Å². The molecular weight excluding hydrogens is 542 g/mol. The Morgan fingerprint density at radius 3 is 2.17 bits per heavy atom. The number of non-ortho nitro benzene ring substituents is 2. The fourth-order valence-corrected chi connectivity index (χ4v) is 4.28. The van der Waals surface area contributed by atoms with E-state index in [1.54, 1.807) is 24.3 Å². The van der Waals surface area contributed by atoms with Gasteiger partial charge in [0.15, 0.2) is 0 Å². The second-order valence-corrected chi connectivity index (χ2v) is 9.21. The van der Waals surface area contributed by atoms with E-state index in [9.17, 15) is 34.6 Å². The van der Waals surface area contributed by atoms with Gasteiger partial charge in [-0.15, -0.1) is 0 Å². The van der Waals surface area contributed by atoms with E-state index in [4.69, 9.17) is 4.74 Å². The van der Waals surface area contributed by atoms with Crippen LogP contribution in [0.15, 0.2) is 77.9 Å². The summed E-state index contributed by atoms with van der Waals surface area (Å²) in [6.45, 7) is 1.28. The van der Waals surface area contributed by atoms with Crippen molar-refractivity contribution < 1.29 is 29.0 Å². The van der Waals surface area contributed by atoms with E-state index in [1.807, 2.05) is 30.3 Å². The molecule has 1 unspecified atom stereocenters. The number of carbonyl (C=O) groups excluding carboxylic acids is 3. The maximum absolute atomic E-state index is 12.9. The SMILES string of the molecule is CC(=O)Oc1ccc(/C=N/NC(=O)C(CSCc2ccccc2)NC(=O)c2cc([N+](=O)[O-])cc([N+](=O)[O-])c2)cc1. The number of esters is 1. The summed E-state index contributed by atoms with van der Waals surface area (Å²) in [6.07, 6.45) is 1.34. The second-order valence-electron chi connectivity index (χ2n) is 8.18. The number of amides is 2. The topological polar surface area (TPSA) is 183 Å². The molecule has 0 aliphatic rings. The van der Waals surface area contributed by atoms with Crippen LogP contribution in [0, 0.1) is 20.2 Å². The Morgan fingerprint density at radius 2 is 1.60 bits per heavy atom. The second kappa shape index (κ2) is 14.2. The van der Waals surface area contributed by atoms with Gasteiger partial charge in [0.1, 0.15) is 11.8 Å². The first-order valence-electron chi connectivity index (χ1n) is 11.6. The Bertz CT molecular complexity index is 1400. The maximum atomic E-state index is 12.9. The van der Waals surface area contributed by atoms with Crippen molar-refractivity contribution in [2.75, 3.05) is 5.75 Å². The summed E-state index contributed by atoms with van der Waals surface area (Å²) < 4.78 is 4.96. The van der Waals surface area contributed by atoms with E-state index in [-0.39, 0.29) is 11.3 Å². The van der Waals surface area contributed by atoms with Crippen molar-refractivity contribution in [1.82, 2.24) is 10.7 Å². The molecule has 13 nitrogen and oxygen atoms in total. The van der Waals surface area contributed by atoms with Crippen molar-refractivity contribution in [2.24, 2.45) is 5.10 Å². The van der Waals surface area contributed by atoms with Gasteiger partial charge in [-0.3, -0.25) is 34.6 Å². The number of nitrogens with one attached hydrogen (secondary N) is 2. The Morgan fingerprint density at radius 1 is 0.975 bits per heavy atom. The molecule has 0 saturated heterocycles. The molecule has 0 aliphatic heterocycles. The number of nitro benzene ring substituents is 2. The predicted octanol–water partition coefficient (Wildman–Crippen LogP) is 3.61. The quantitative estimate of drug-likeness (QED) is 0.109. The highest BCUT2D eigenvalue weighted by Crippen LogP contribution is 2.23. The van der Waals surface area contributed by atoms with Crippen LogP contribution < -0.4 is 15.5 Å². The van der Waals surface area contributed by atoms with E-state index in [0.29, 0.717) is 17.1 Å². The first-order chi connectivity index (χ1) is 19.1. The number of carbonyl (C=O) groups is 3. The molecule has 3 aromatic carbocycles. The largest absolute Gasteiger partial charge is 0.427 e. The lowest BCUT2D eigenvalue weighted by atomic mass is 10.1. The molecule has 0 radical (unpaired) electrons. The lowest BCUT2D eigenvalue weighted by Gasteiger charge is -2.17. The lowest BCUT2D eigenvalue weighted by Crippen LogP contribution is -2.47. The van der Waals surface area contributed by atoms with Gasteiger partial charge in [-0.2, -0.15) is 16.9 Å². The summed E-state index contributed by atoms with van der Waals surface area (Å²) in [5.74, 6) is -1.07. The van der Waals surface area contributed by atoms with Crippen LogP contribution in [0.1, 0.15) is 28.4 Å². The van der Waals surface area contributed by atoms with Gasteiger partial charge < -0.3 is 10.1 Å². The zero-order valence-corrected chi connectivity index (χ0v) is 21.8. The van der Waals surface area contributed by atoms with Crippen LogP contribution >= 0.6 is 11.8 Å². The van der Waals surface area contributed by atoms with E-state index < -0.39 is 45.0 Å². The number of hydrogen-bond acceptors (Lipinski definition) is 10. The number of nitrogens with zero attached hydrogens (tertiary/aromatic N) is 3. The summed E-state index contributed by atoms with van der Waals surface area (Å²) in [5.41, 5.74) is 2.30. The molecule has 3 rings (SSSR count). The van der Waals surface area contributed by atoms with Gasteiger partial charge in [0.05, 0.1) is 27.7 Å². The molecule has 0 aliphatic carbocycles. The third-order valence-corrected chi connectivity index (χ3v) is 6.24. The van der Waals surface area contributed by atoms with Crippen LogP contribution in [0.4, 0.5) is 11.4 Å². The third-order valence-electron chi connectivity index (χ3n) is 5.13. The fourth-order valence-electron chi connectivity index (χ4n) is 3.27. The van der Waals surface area contributed by atoms with Crippen LogP contribution in [0.3, 0.4) is 0 Å². The molecular formula is C26H23N5O8S. The molecule has 0 spiro atoms. The van der Waals surface area contributed by atoms with Gasteiger partial charge in [-0.05, 0) is 35.4 Å². The van der Waals surface area contributed by atoms with Gasteiger partial charge in [0, 0.05) is 30.6 Å². The standard InChI is InChI=1S/C26H23N5O8S/c1-17(32)39-23-9-7-18(8-10-23)14-27-29-26(34)24(16-40-15-19-5-3-2-4-6-19)28-25(33)20-11-21(30(35)36)13-22(12-20)31(37)38/h2-14,24H,15-16H2,1H3,(H,28,33)(H,29,34)/b27-14+. The summed E-state index contributed by atoms with van der Waals surface area (Å²) in [7, 11) is 0. The Labute approximate surface area is 231 Å². The molecule has 206 valence electrons. The van der Waals surface area contributed by atoms with E-state index in [2.05, 4.69) is 15.8 Å². The molecule has 0 bridgehead atoms. The molecule has 2 amide bonds. The fraction of sp³-hybridized carbons (Fsp3) is 0.154. The van der Waals surface area contributed by atoms with Crippen LogP contribution in [-0.4, -0.2) is 45.6 Å². The summed E-state index contributed by atoms with van der Waals surface area (Å²) in [6, 6.07) is 17.1. The van der Waals surface area contributed by atoms with Gasteiger partial charge in [-0.1, -0.05) is 30.3 Å². The average Bonchev–Trinajstić information content (AvgIpc) is 2.93. The molecule has 1 atom stereocenters. The van der Waals surface area contributed by atoms with E-state index in [0.717, 1.165) is 23.8 Å². The van der Waals surface area contributed by atoms with Crippen molar-refractivity contribution in [3.63, 3.8) is 0 Å². The maximum Gasteiger partial charge on any atom is 0.308 e. The molecule has 0 saturated carbocycles. The molecule has 14 heteroatoms. The molecule has 0 aromatic heterocycles. The molecule has 3 aromatic rings. The number of rotatable bonds is 12. The van der Waals surface area contributed by atoms with Gasteiger partial charge in [-0.25, -0.2) is 5.43 Å². The highest BCUT2D eigenvalue weighted by molar-refractivity contribution is 7.98. The first-order valence-corrected chi connectivity index (χ1v) is 12.8. The number of ether oxygens (including phenoxy) is 1. The highest BCUT2D eigenvalue weighted by Gasteiger charge is 2.25. The molecule has 0 heterocycles. The van der Waals surface area contributed by atoms with Gasteiger partial charge in [0.25, 0.3) is 23.2 Å². The summed E-state index contributed by atoms with van der Waals surface area (Å²) >= 11 is 1.35. The van der Waals surface area contributed by atoms with Crippen LogP contribution in [-0.2, 0) is 15.3 Å². The van der Waals surface area contributed by atoms with Crippen molar-refractivity contribution >= 4 is 47.1 Å². The van der Waals surface area contributed by atoms with Crippen molar-refractivity contribution in [1.29, 1.82) is 0 Å². The predicted molar refractivity (Wildman–Crippen MR) is 147 cm³/mol. The monoisotopic (exact) mass is 565 g/mol. The minimum absolute atomic E-state index is 0.107. The molecule has 2 N–H and O–H groups in total. The Hall–Kier alpha value is -5.11.